The Morgan fingerprint density at radius 3 is 2.88 bits per heavy atom. The summed E-state index contributed by atoms with van der Waals surface area (Å²) in [5, 5.41) is 18.8. The molecule has 3 nitrogen and oxygen atoms in total. The van der Waals surface area contributed by atoms with Gasteiger partial charge in [0.25, 0.3) is 0 Å². The Morgan fingerprint density at radius 2 is 2.24 bits per heavy atom. The van der Waals surface area contributed by atoms with Crippen LogP contribution < -0.4 is 0 Å². The molecule has 1 fully saturated rings. The summed E-state index contributed by atoms with van der Waals surface area (Å²) in [6.07, 6.45) is 4.90. The van der Waals surface area contributed by atoms with Gasteiger partial charge < -0.3 is 0 Å². The van der Waals surface area contributed by atoms with Gasteiger partial charge >= 0.3 is 0 Å². The van der Waals surface area contributed by atoms with Crippen molar-refractivity contribution < 1.29 is 0 Å². The molecule has 0 amide bonds. The van der Waals surface area contributed by atoms with Crippen molar-refractivity contribution in [1.82, 2.24) is 10.2 Å². The average molecular weight is 243 g/mol. The van der Waals surface area contributed by atoms with E-state index in [4.69, 9.17) is 0 Å². The monoisotopic (exact) mass is 243 g/mol. The van der Waals surface area contributed by atoms with Gasteiger partial charge in [-0.2, -0.15) is 10.4 Å². The standard InChI is InChI=1S/C13H13N3S/c14-8-10-12(9-4-1-2-5-9)15-16-13(10)11-6-3-7-17-11/h3,6-7,9H,1-2,4-5H2,(H,15,16). The second-order valence-electron chi connectivity index (χ2n) is 4.43. The van der Waals surface area contributed by atoms with Crippen LogP contribution in [-0.4, -0.2) is 10.2 Å². The van der Waals surface area contributed by atoms with Crippen LogP contribution in [0.2, 0.25) is 0 Å². The van der Waals surface area contributed by atoms with E-state index >= 15 is 0 Å². The number of aromatic nitrogens is 2. The predicted octanol–water partition coefficient (Wildman–Crippen LogP) is 3.67. The zero-order valence-corrected chi connectivity index (χ0v) is 10.3. The number of nitrogens with one attached hydrogen (secondary N) is 1. The lowest BCUT2D eigenvalue weighted by Gasteiger charge is -2.05. The molecule has 17 heavy (non-hydrogen) atoms. The highest BCUT2D eigenvalue weighted by atomic mass is 32.1. The predicted molar refractivity (Wildman–Crippen MR) is 67.8 cm³/mol. The molecule has 1 aliphatic carbocycles. The fourth-order valence-electron chi connectivity index (χ4n) is 2.57. The number of hydrogen-bond acceptors (Lipinski definition) is 3. The topological polar surface area (TPSA) is 52.5 Å². The third-order valence-corrected chi connectivity index (χ3v) is 4.30. The van der Waals surface area contributed by atoms with Gasteiger partial charge in [-0.1, -0.05) is 18.9 Å². The lowest BCUT2D eigenvalue weighted by molar-refractivity contribution is 0.691. The molecule has 0 bridgehead atoms. The van der Waals surface area contributed by atoms with Gasteiger partial charge in [-0.3, -0.25) is 5.10 Å². The number of hydrogen-bond donors (Lipinski definition) is 1. The SMILES string of the molecule is N#Cc1c(-c2cccs2)n[nH]c1C1CCCC1. The molecule has 0 radical (unpaired) electrons. The van der Waals surface area contributed by atoms with Crippen molar-refractivity contribution in [2.75, 3.05) is 0 Å². The van der Waals surface area contributed by atoms with Gasteiger partial charge in [-0.25, -0.2) is 0 Å². The van der Waals surface area contributed by atoms with E-state index in [9.17, 15) is 5.26 Å². The molecular weight excluding hydrogens is 230 g/mol. The number of nitriles is 1. The van der Waals surface area contributed by atoms with Crippen LogP contribution in [0, 0.1) is 11.3 Å². The minimum atomic E-state index is 0.505. The summed E-state index contributed by atoms with van der Waals surface area (Å²) in [6, 6.07) is 6.33. The Bertz CT molecular complexity index is 542. The van der Waals surface area contributed by atoms with Crippen LogP contribution in [0.3, 0.4) is 0 Å². The van der Waals surface area contributed by atoms with Crippen molar-refractivity contribution in [3.8, 4) is 16.6 Å². The summed E-state index contributed by atoms with van der Waals surface area (Å²) in [4.78, 5) is 1.07. The molecule has 86 valence electrons. The van der Waals surface area contributed by atoms with Crippen molar-refractivity contribution in [2.45, 2.75) is 31.6 Å². The largest absolute Gasteiger partial charge is 0.280 e. The van der Waals surface area contributed by atoms with Crippen molar-refractivity contribution in [1.29, 1.82) is 5.26 Å². The Balaban J connectivity index is 2.04. The number of nitrogens with zero attached hydrogens (tertiary/aromatic N) is 2. The summed E-state index contributed by atoms with van der Waals surface area (Å²) in [5.41, 5.74) is 2.62. The van der Waals surface area contributed by atoms with Gasteiger partial charge in [-0.15, -0.1) is 11.3 Å². The van der Waals surface area contributed by atoms with Crippen molar-refractivity contribution in [3.05, 3.63) is 28.8 Å². The van der Waals surface area contributed by atoms with E-state index in [1.165, 1.54) is 25.7 Å². The number of rotatable bonds is 2. The van der Waals surface area contributed by atoms with E-state index in [0.29, 0.717) is 5.92 Å². The molecule has 0 spiro atoms. The first-order valence-electron chi connectivity index (χ1n) is 5.92. The van der Waals surface area contributed by atoms with Crippen LogP contribution in [0.15, 0.2) is 17.5 Å². The highest BCUT2D eigenvalue weighted by Gasteiger charge is 2.24. The molecule has 2 heterocycles. The molecule has 0 unspecified atom stereocenters. The Hall–Kier alpha value is -1.60. The maximum atomic E-state index is 9.34. The molecule has 0 saturated heterocycles. The van der Waals surface area contributed by atoms with Crippen LogP contribution in [0.4, 0.5) is 0 Å². The first kappa shape index (κ1) is 10.5. The van der Waals surface area contributed by atoms with Crippen LogP contribution in [0.1, 0.15) is 42.9 Å². The number of H-pyrrole nitrogens is 1. The average Bonchev–Trinajstić information content (AvgIpc) is 3.09. The van der Waals surface area contributed by atoms with Crippen LogP contribution >= 0.6 is 11.3 Å². The van der Waals surface area contributed by atoms with Crippen molar-refractivity contribution >= 4 is 11.3 Å². The maximum Gasteiger partial charge on any atom is 0.120 e. The molecule has 1 aliphatic rings. The molecule has 2 aromatic rings. The summed E-state index contributed by atoms with van der Waals surface area (Å²) in [7, 11) is 0. The van der Waals surface area contributed by atoms with Gasteiger partial charge in [0, 0.05) is 5.92 Å². The van der Waals surface area contributed by atoms with Gasteiger partial charge in [-0.05, 0) is 24.3 Å². The van der Waals surface area contributed by atoms with E-state index in [1.54, 1.807) is 11.3 Å². The summed E-state index contributed by atoms with van der Waals surface area (Å²) in [6.45, 7) is 0. The Kier molecular flexibility index (Phi) is 2.69. The minimum Gasteiger partial charge on any atom is -0.280 e. The third-order valence-electron chi connectivity index (χ3n) is 3.42. The van der Waals surface area contributed by atoms with Crippen molar-refractivity contribution in [3.63, 3.8) is 0 Å². The highest BCUT2D eigenvalue weighted by molar-refractivity contribution is 7.13. The molecule has 1 saturated carbocycles. The summed E-state index contributed by atoms with van der Waals surface area (Å²) >= 11 is 1.63. The molecule has 0 aliphatic heterocycles. The van der Waals surface area contributed by atoms with Gasteiger partial charge in [0.15, 0.2) is 0 Å². The van der Waals surface area contributed by atoms with E-state index in [1.807, 2.05) is 17.5 Å². The summed E-state index contributed by atoms with van der Waals surface area (Å²) in [5.74, 6) is 0.505. The molecule has 4 heteroatoms. The highest BCUT2D eigenvalue weighted by Crippen LogP contribution is 2.37. The smallest absolute Gasteiger partial charge is 0.120 e. The first-order valence-corrected chi connectivity index (χ1v) is 6.80. The molecular formula is C13H13N3S. The second kappa shape index (κ2) is 4.34. The molecule has 0 atom stereocenters. The lowest BCUT2D eigenvalue weighted by atomic mass is 9.99. The zero-order chi connectivity index (χ0) is 11.7. The van der Waals surface area contributed by atoms with Crippen LogP contribution in [0.25, 0.3) is 10.6 Å². The van der Waals surface area contributed by atoms with E-state index in [-0.39, 0.29) is 0 Å². The van der Waals surface area contributed by atoms with Crippen LogP contribution in [0.5, 0.6) is 0 Å². The molecule has 2 aromatic heterocycles. The normalized spacial score (nSPS) is 16.2. The van der Waals surface area contributed by atoms with E-state index in [0.717, 1.165) is 21.8 Å². The maximum absolute atomic E-state index is 9.34. The second-order valence-corrected chi connectivity index (χ2v) is 5.38. The van der Waals surface area contributed by atoms with Crippen molar-refractivity contribution in [2.24, 2.45) is 0 Å². The summed E-state index contributed by atoms with van der Waals surface area (Å²) < 4.78 is 0. The molecule has 3 rings (SSSR count). The van der Waals surface area contributed by atoms with Crippen LogP contribution in [-0.2, 0) is 0 Å². The molecule has 0 aromatic carbocycles. The first-order chi connectivity index (χ1) is 8.40. The Labute approximate surface area is 104 Å². The number of thiophene rings is 1. The van der Waals surface area contributed by atoms with Gasteiger partial charge in [0.1, 0.15) is 17.3 Å². The zero-order valence-electron chi connectivity index (χ0n) is 9.44. The van der Waals surface area contributed by atoms with E-state index < -0.39 is 0 Å². The quantitative estimate of drug-likeness (QED) is 0.875. The lowest BCUT2D eigenvalue weighted by Crippen LogP contribution is -1.95. The van der Waals surface area contributed by atoms with Gasteiger partial charge in [0.05, 0.1) is 10.6 Å². The molecule has 1 N–H and O–H groups in total. The van der Waals surface area contributed by atoms with Gasteiger partial charge in [0.2, 0.25) is 0 Å². The fraction of sp³-hybridized carbons (Fsp3) is 0.385. The Morgan fingerprint density at radius 1 is 1.41 bits per heavy atom. The number of aromatic amines is 1. The van der Waals surface area contributed by atoms with E-state index in [2.05, 4.69) is 16.3 Å². The fourth-order valence-corrected chi connectivity index (χ4v) is 3.29. The minimum absolute atomic E-state index is 0.505. The third kappa shape index (κ3) is 1.77.